The van der Waals surface area contributed by atoms with Crippen LogP contribution in [0, 0.1) is 11.3 Å². The largest absolute Gasteiger partial charge is 0.497 e. The average molecular weight is 312 g/mol. The Kier molecular flexibility index (Phi) is 3.90. The van der Waals surface area contributed by atoms with Gasteiger partial charge in [-0.1, -0.05) is 20.8 Å². The summed E-state index contributed by atoms with van der Waals surface area (Å²) < 4.78 is 6.38. The van der Waals surface area contributed by atoms with E-state index in [0.717, 1.165) is 15.9 Å². The fourth-order valence-electron chi connectivity index (χ4n) is 3.03. The van der Waals surface area contributed by atoms with Crippen LogP contribution in [0.5, 0.6) is 5.75 Å². The van der Waals surface area contributed by atoms with Crippen molar-refractivity contribution in [3.8, 4) is 5.75 Å². The Labute approximate surface area is 118 Å². The van der Waals surface area contributed by atoms with E-state index in [-0.39, 0.29) is 0 Å². The summed E-state index contributed by atoms with van der Waals surface area (Å²) in [7, 11) is 1.70. The van der Waals surface area contributed by atoms with Gasteiger partial charge < -0.3 is 10.1 Å². The van der Waals surface area contributed by atoms with Crippen molar-refractivity contribution >= 4 is 21.6 Å². The molecular weight excluding hydrogens is 290 g/mol. The van der Waals surface area contributed by atoms with Crippen molar-refractivity contribution < 1.29 is 4.74 Å². The summed E-state index contributed by atoms with van der Waals surface area (Å²) in [5.41, 5.74) is 1.58. The predicted molar refractivity (Wildman–Crippen MR) is 80.3 cm³/mol. The fourth-order valence-corrected chi connectivity index (χ4v) is 3.39. The average Bonchev–Trinajstić information content (AvgIpc) is 2.55. The quantitative estimate of drug-likeness (QED) is 0.874. The van der Waals surface area contributed by atoms with Gasteiger partial charge in [0.05, 0.1) is 12.8 Å². The minimum atomic E-state index is 0.447. The molecule has 2 rings (SSSR count). The Morgan fingerprint density at radius 1 is 1.33 bits per heavy atom. The molecule has 0 saturated heterocycles. The zero-order valence-electron chi connectivity index (χ0n) is 11.6. The standard InChI is InChI=1S/C15H22BrNO/c1-10-8-15(2,3)9-14(10)17-13-7-11(18-4)5-6-12(13)16/h5-7,10,14,17H,8-9H2,1-4H3. The van der Waals surface area contributed by atoms with E-state index in [9.17, 15) is 0 Å². The highest BCUT2D eigenvalue weighted by Gasteiger charge is 2.36. The molecule has 100 valence electrons. The van der Waals surface area contributed by atoms with Crippen LogP contribution in [0.2, 0.25) is 0 Å². The van der Waals surface area contributed by atoms with Crippen molar-refractivity contribution in [1.29, 1.82) is 0 Å². The van der Waals surface area contributed by atoms with Crippen LogP contribution in [0.1, 0.15) is 33.6 Å². The molecule has 1 aliphatic carbocycles. The molecule has 2 unspecified atom stereocenters. The van der Waals surface area contributed by atoms with Gasteiger partial charge in [-0.05, 0) is 52.2 Å². The number of hydrogen-bond donors (Lipinski definition) is 1. The SMILES string of the molecule is COc1ccc(Br)c(NC2CC(C)(C)CC2C)c1. The molecule has 1 N–H and O–H groups in total. The summed E-state index contributed by atoms with van der Waals surface area (Å²) in [5.74, 6) is 1.60. The van der Waals surface area contributed by atoms with Gasteiger partial charge in [-0.2, -0.15) is 0 Å². The maximum Gasteiger partial charge on any atom is 0.121 e. The topological polar surface area (TPSA) is 21.3 Å². The van der Waals surface area contributed by atoms with E-state index in [0.29, 0.717) is 17.4 Å². The van der Waals surface area contributed by atoms with E-state index < -0.39 is 0 Å². The predicted octanol–water partition coefficient (Wildman–Crippen LogP) is 4.69. The lowest BCUT2D eigenvalue weighted by atomic mass is 9.91. The van der Waals surface area contributed by atoms with Gasteiger partial charge in [0, 0.05) is 16.6 Å². The van der Waals surface area contributed by atoms with E-state index in [1.807, 2.05) is 12.1 Å². The Morgan fingerprint density at radius 3 is 2.61 bits per heavy atom. The monoisotopic (exact) mass is 311 g/mol. The highest BCUT2D eigenvalue weighted by Crippen LogP contribution is 2.43. The smallest absolute Gasteiger partial charge is 0.121 e. The van der Waals surface area contributed by atoms with E-state index in [4.69, 9.17) is 4.74 Å². The number of benzene rings is 1. The van der Waals surface area contributed by atoms with Crippen molar-refractivity contribution in [3.05, 3.63) is 22.7 Å². The lowest BCUT2D eigenvalue weighted by Crippen LogP contribution is -2.22. The molecule has 0 amide bonds. The van der Waals surface area contributed by atoms with E-state index >= 15 is 0 Å². The summed E-state index contributed by atoms with van der Waals surface area (Å²) in [5, 5.41) is 3.66. The van der Waals surface area contributed by atoms with Crippen molar-refractivity contribution in [2.45, 2.75) is 39.7 Å². The van der Waals surface area contributed by atoms with Crippen LogP contribution in [0.15, 0.2) is 22.7 Å². The van der Waals surface area contributed by atoms with E-state index in [1.165, 1.54) is 12.8 Å². The first-order chi connectivity index (χ1) is 8.41. The molecule has 0 spiro atoms. The molecule has 1 saturated carbocycles. The van der Waals surface area contributed by atoms with Gasteiger partial charge >= 0.3 is 0 Å². The summed E-state index contributed by atoms with van der Waals surface area (Å²) in [6.45, 7) is 7.04. The fraction of sp³-hybridized carbons (Fsp3) is 0.600. The normalized spacial score (nSPS) is 26.1. The molecular formula is C15H22BrNO. The Bertz CT molecular complexity index is 431. The maximum atomic E-state index is 5.28. The van der Waals surface area contributed by atoms with Crippen LogP contribution in [-0.2, 0) is 0 Å². The summed E-state index contributed by atoms with van der Waals surface area (Å²) in [4.78, 5) is 0. The van der Waals surface area contributed by atoms with Crippen LogP contribution in [0.25, 0.3) is 0 Å². The van der Waals surface area contributed by atoms with Crippen molar-refractivity contribution in [1.82, 2.24) is 0 Å². The number of halogens is 1. The first-order valence-corrected chi connectivity index (χ1v) is 7.31. The molecule has 0 heterocycles. The second-order valence-corrected chi connectivity index (χ2v) is 7.00. The lowest BCUT2D eigenvalue weighted by Gasteiger charge is -2.21. The molecule has 0 aliphatic heterocycles. The zero-order chi connectivity index (χ0) is 13.3. The first kappa shape index (κ1) is 13.7. The molecule has 0 bridgehead atoms. The highest BCUT2D eigenvalue weighted by atomic mass is 79.9. The molecule has 1 fully saturated rings. The van der Waals surface area contributed by atoms with Crippen LogP contribution >= 0.6 is 15.9 Å². The molecule has 3 heteroatoms. The molecule has 1 aliphatic rings. The van der Waals surface area contributed by atoms with Gasteiger partial charge in [0.2, 0.25) is 0 Å². The van der Waals surface area contributed by atoms with Crippen molar-refractivity contribution in [2.24, 2.45) is 11.3 Å². The van der Waals surface area contributed by atoms with E-state index in [2.05, 4.69) is 48.1 Å². The number of ether oxygens (including phenoxy) is 1. The summed E-state index contributed by atoms with van der Waals surface area (Å²) in [6.07, 6.45) is 2.50. The van der Waals surface area contributed by atoms with Gasteiger partial charge in [0.25, 0.3) is 0 Å². The number of nitrogens with one attached hydrogen (secondary N) is 1. The van der Waals surface area contributed by atoms with Crippen LogP contribution in [0.3, 0.4) is 0 Å². The zero-order valence-corrected chi connectivity index (χ0v) is 13.2. The second kappa shape index (κ2) is 5.12. The molecule has 0 aromatic heterocycles. The van der Waals surface area contributed by atoms with E-state index in [1.54, 1.807) is 7.11 Å². The molecule has 2 atom stereocenters. The lowest BCUT2D eigenvalue weighted by molar-refractivity contribution is 0.366. The number of hydrogen-bond acceptors (Lipinski definition) is 2. The minimum Gasteiger partial charge on any atom is -0.497 e. The van der Waals surface area contributed by atoms with Gasteiger partial charge in [-0.15, -0.1) is 0 Å². The van der Waals surface area contributed by atoms with Crippen molar-refractivity contribution in [2.75, 3.05) is 12.4 Å². The summed E-state index contributed by atoms with van der Waals surface area (Å²) >= 11 is 3.60. The second-order valence-electron chi connectivity index (χ2n) is 6.15. The Balaban J connectivity index is 2.14. The van der Waals surface area contributed by atoms with Gasteiger partial charge in [-0.3, -0.25) is 0 Å². The van der Waals surface area contributed by atoms with Crippen LogP contribution < -0.4 is 10.1 Å². The molecule has 0 radical (unpaired) electrons. The maximum absolute atomic E-state index is 5.28. The molecule has 18 heavy (non-hydrogen) atoms. The minimum absolute atomic E-state index is 0.447. The van der Waals surface area contributed by atoms with Crippen molar-refractivity contribution in [3.63, 3.8) is 0 Å². The molecule has 2 nitrogen and oxygen atoms in total. The third-order valence-electron chi connectivity index (χ3n) is 3.85. The van der Waals surface area contributed by atoms with Gasteiger partial charge in [0.15, 0.2) is 0 Å². The first-order valence-electron chi connectivity index (χ1n) is 6.51. The number of anilines is 1. The third-order valence-corrected chi connectivity index (χ3v) is 4.54. The highest BCUT2D eigenvalue weighted by molar-refractivity contribution is 9.10. The Hall–Kier alpha value is -0.700. The van der Waals surface area contributed by atoms with Crippen LogP contribution in [0.4, 0.5) is 5.69 Å². The number of rotatable bonds is 3. The summed E-state index contributed by atoms with van der Waals surface area (Å²) in [6, 6.07) is 6.61. The van der Waals surface area contributed by atoms with Crippen LogP contribution in [-0.4, -0.2) is 13.2 Å². The van der Waals surface area contributed by atoms with Gasteiger partial charge in [-0.25, -0.2) is 0 Å². The van der Waals surface area contributed by atoms with Gasteiger partial charge in [0.1, 0.15) is 5.75 Å². The number of methoxy groups -OCH3 is 1. The Morgan fingerprint density at radius 2 is 2.06 bits per heavy atom. The third kappa shape index (κ3) is 3.00. The molecule has 1 aromatic rings. The molecule has 1 aromatic carbocycles.